The zero-order chi connectivity index (χ0) is 18.1. The Morgan fingerprint density at radius 3 is 2.24 bits per heavy atom. The Labute approximate surface area is 152 Å². The minimum Gasteiger partial charge on any atom is -0.304 e. The normalized spacial score (nSPS) is 16.6. The van der Waals surface area contributed by atoms with Crippen LogP contribution in [0.1, 0.15) is 36.8 Å². The molecule has 0 spiro atoms. The number of alkyl halides is 3. The lowest BCUT2D eigenvalue weighted by Gasteiger charge is -2.40. The van der Waals surface area contributed by atoms with Gasteiger partial charge in [0, 0.05) is 4.47 Å². The standard InChI is InChI=1S/C19H17BrF3NO/c20-16-9-8-15(19(21,22)23)12-17(16)24(13-25)18(10-4-5-11-18)14-6-2-1-3-7-14/h1-3,6-9,12-13H,4-5,10-11H2. The highest BCUT2D eigenvalue weighted by molar-refractivity contribution is 9.10. The van der Waals surface area contributed by atoms with Crippen molar-refractivity contribution in [3.63, 3.8) is 0 Å². The van der Waals surface area contributed by atoms with E-state index in [2.05, 4.69) is 15.9 Å². The van der Waals surface area contributed by atoms with Gasteiger partial charge in [-0.1, -0.05) is 43.2 Å². The lowest BCUT2D eigenvalue weighted by atomic mass is 9.86. The van der Waals surface area contributed by atoms with E-state index >= 15 is 0 Å². The van der Waals surface area contributed by atoms with Crippen molar-refractivity contribution in [3.05, 3.63) is 64.1 Å². The maximum atomic E-state index is 13.1. The van der Waals surface area contributed by atoms with Crippen LogP contribution >= 0.6 is 15.9 Å². The number of benzene rings is 2. The Balaban J connectivity index is 2.14. The molecule has 0 unspecified atom stereocenters. The number of halogens is 4. The van der Waals surface area contributed by atoms with Crippen LogP contribution in [0.4, 0.5) is 18.9 Å². The van der Waals surface area contributed by atoms with Crippen LogP contribution in [0, 0.1) is 0 Å². The molecule has 0 atom stereocenters. The predicted octanol–water partition coefficient (Wildman–Crippen LogP) is 5.90. The van der Waals surface area contributed by atoms with Gasteiger partial charge in [0.15, 0.2) is 0 Å². The summed E-state index contributed by atoms with van der Waals surface area (Å²) in [6, 6.07) is 12.9. The first-order valence-electron chi connectivity index (χ1n) is 8.05. The van der Waals surface area contributed by atoms with E-state index in [1.807, 2.05) is 30.3 Å². The lowest BCUT2D eigenvalue weighted by Crippen LogP contribution is -2.44. The molecule has 132 valence electrons. The number of hydrogen-bond acceptors (Lipinski definition) is 1. The summed E-state index contributed by atoms with van der Waals surface area (Å²) in [7, 11) is 0. The van der Waals surface area contributed by atoms with Crippen LogP contribution in [-0.4, -0.2) is 6.41 Å². The number of nitrogens with zero attached hydrogens (tertiary/aromatic N) is 1. The van der Waals surface area contributed by atoms with E-state index in [1.165, 1.54) is 11.0 Å². The minimum absolute atomic E-state index is 0.246. The van der Waals surface area contributed by atoms with Gasteiger partial charge in [0.25, 0.3) is 0 Å². The van der Waals surface area contributed by atoms with E-state index < -0.39 is 17.3 Å². The fraction of sp³-hybridized carbons (Fsp3) is 0.316. The molecule has 1 amide bonds. The molecule has 0 saturated heterocycles. The predicted molar refractivity (Wildman–Crippen MR) is 94.3 cm³/mol. The average Bonchev–Trinajstić information content (AvgIpc) is 3.08. The molecular weight excluding hydrogens is 395 g/mol. The van der Waals surface area contributed by atoms with Gasteiger partial charge < -0.3 is 4.90 Å². The van der Waals surface area contributed by atoms with Gasteiger partial charge in [-0.15, -0.1) is 0 Å². The monoisotopic (exact) mass is 411 g/mol. The minimum atomic E-state index is -4.46. The third kappa shape index (κ3) is 3.32. The first-order chi connectivity index (χ1) is 11.9. The van der Waals surface area contributed by atoms with Crippen molar-refractivity contribution in [2.24, 2.45) is 0 Å². The molecule has 0 aromatic heterocycles. The van der Waals surface area contributed by atoms with Crippen molar-refractivity contribution < 1.29 is 18.0 Å². The number of carbonyl (C=O) groups excluding carboxylic acids is 1. The summed E-state index contributed by atoms with van der Waals surface area (Å²) in [5.74, 6) is 0. The Hall–Kier alpha value is -1.82. The Bertz CT molecular complexity index is 755. The summed E-state index contributed by atoms with van der Waals surface area (Å²) >= 11 is 3.31. The van der Waals surface area contributed by atoms with Crippen molar-refractivity contribution in [2.75, 3.05) is 4.90 Å². The first-order valence-corrected chi connectivity index (χ1v) is 8.85. The number of carbonyl (C=O) groups is 1. The fourth-order valence-electron chi connectivity index (χ4n) is 3.64. The largest absolute Gasteiger partial charge is 0.416 e. The molecule has 1 aliphatic carbocycles. The van der Waals surface area contributed by atoms with Crippen LogP contribution in [0.25, 0.3) is 0 Å². The summed E-state index contributed by atoms with van der Waals surface area (Å²) in [6.45, 7) is 0. The molecule has 2 aromatic rings. The first kappa shape index (κ1) is 18.0. The second-order valence-corrected chi connectivity index (χ2v) is 7.10. The third-order valence-electron chi connectivity index (χ3n) is 4.84. The lowest BCUT2D eigenvalue weighted by molar-refractivity contribution is -0.137. The van der Waals surface area contributed by atoms with E-state index in [4.69, 9.17) is 0 Å². The van der Waals surface area contributed by atoms with Crippen molar-refractivity contribution >= 4 is 28.0 Å². The number of anilines is 1. The molecule has 0 radical (unpaired) electrons. The number of rotatable bonds is 4. The Morgan fingerprint density at radius 1 is 1.04 bits per heavy atom. The molecule has 1 aliphatic rings. The van der Waals surface area contributed by atoms with Gasteiger partial charge in [0.2, 0.25) is 6.41 Å². The SMILES string of the molecule is O=CN(c1cc(C(F)(F)F)ccc1Br)C1(c2ccccc2)CCCC1. The smallest absolute Gasteiger partial charge is 0.304 e. The van der Waals surface area contributed by atoms with Crippen molar-refractivity contribution in [1.29, 1.82) is 0 Å². The summed E-state index contributed by atoms with van der Waals surface area (Å²) < 4.78 is 39.9. The van der Waals surface area contributed by atoms with Gasteiger partial charge in [-0.3, -0.25) is 4.79 Å². The quantitative estimate of drug-likeness (QED) is 0.573. The van der Waals surface area contributed by atoms with E-state index in [-0.39, 0.29) is 5.69 Å². The summed E-state index contributed by atoms with van der Waals surface area (Å²) in [5, 5.41) is 0. The summed E-state index contributed by atoms with van der Waals surface area (Å²) in [6.07, 6.45) is -0.513. The second-order valence-electron chi connectivity index (χ2n) is 6.24. The van der Waals surface area contributed by atoms with Crippen LogP contribution in [-0.2, 0) is 16.5 Å². The van der Waals surface area contributed by atoms with Crippen molar-refractivity contribution in [2.45, 2.75) is 37.4 Å². The molecular formula is C19H17BrF3NO. The molecule has 25 heavy (non-hydrogen) atoms. The van der Waals surface area contributed by atoms with Gasteiger partial charge in [-0.25, -0.2) is 0 Å². The van der Waals surface area contributed by atoms with Crippen LogP contribution < -0.4 is 4.90 Å². The number of amides is 1. The Morgan fingerprint density at radius 2 is 1.68 bits per heavy atom. The zero-order valence-corrected chi connectivity index (χ0v) is 15.0. The highest BCUT2D eigenvalue weighted by Crippen LogP contribution is 2.47. The highest BCUT2D eigenvalue weighted by Gasteiger charge is 2.42. The van der Waals surface area contributed by atoms with Crippen LogP contribution in [0.2, 0.25) is 0 Å². The molecule has 2 nitrogen and oxygen atoms in total. The maximum absolute atomic E-state index is 13.1. The molecule has 3 rings (SSSR count). The molecule has 6 heteroatoms. The molecule has 0 aliphatic heterocycles. The van der Waals surface area contributed by atoms with E-state index in [1.54, 1.807) is 0 Å². The third-order valence-corrected chi connectivity index (χ3v) is 5.51. The van der Waals surface area contributed by atoms with E-state index in [0.717, 1.165) is 43.4 Å². The van der Waals surface area contributed by atoms with Crippen LogP contribution in [0.3, 0.4) is 0 Å². The van der Waals surface area contributed by atoms with Gasteiger partial charge >= 0.3 is 6.18 Å². The molecule has 0 heterocycles. The zero-order valence-electron chi connectivity index (χ0n) is 13.4. The second kappa shape index (κ2) is 6.83. The molecule has 2 aromatic carbocycles. The highest BCUT2D eigenvalue weighted by atomic mass is 79.9. The Kier molecular flexibility index (Phi) is 4.91. The average molecular weight is 412 g/mol. The maximum Gasteiger partial charge on any atom is 0.416 e. The fourth-order valence-corrected chi connectivity index (χ4v) is 4.08. The van der Waals surface area contributed by atoms with Gasteiger partial charge in [-0.2, -0.15) is 13.2 Å². The van der Waals surface area contributed by atoms with Crippen LogP contribution in [0.5, 0.6) is 0 Å². The van der Waals surface area contributed by atoms with Gasteiger partial charge in [0.05, 0.1) is 16.8 Å². The van der Waals surface area contributed by atoms with E-state index in [9.17, 15) is 18.0 Å². The molecule has 0 bridgehead atoms. The van der Waals surface area contributed by atoms with Crippen LogP contribution in [0.15, 0.2) is 53.0 Å². The topological polar surface area (TPSA) is 20.3 Å². The summed E-state index contributed by atoms with van der Waals surface area (Å²) in [5.41, 5.74) is -0.186. The number of hydrogen-bond donors (Lipinski definition) is 0. The molecule has 0 N–H and O–H groups in total. The van der Waals surface area contributed by atoms with Gasteiger partial charge in [-0.05, 0) is 52.5 Å². The van der Waals surface area contributed by atoms with Gasteiger partial charge in [0.1, 0.15) is 0 Å². The van der Waals surface area contributed by atoms with E-state index in [0.29, 0.717) is 10.9 Å². The molecule has 1 fully saturated rings. The van der Waals surface area contributed by atoms with Crippen molar-refractivity contribution in [1.82, 2.24) is 0 Å². The summed E-state index contributed by atoms with van der Waals surface area (Å²) in [4.78, 5) is 13.5. The molecule has 1 saturated carbocycles. The van der Waals surface area contributed by atoms with Crippen molar-refractivity contribution in [3.8, 4) is 0 Å².